The van der Waals surface area contributed by atoms with Gasteiger partial charge in [-0.25, -0.2) is 14.1 Å². The summed E-state index contributed by atoms with van der Waals surface area (Å²) >= 11 is 9.83. The second kappa shape index (κ2) is 9.95. The molecule has 14 heteroatoms. The Hall–Kier alpha value is -3.58. The first-order chi connectivity index (χ1) is 18.0. The quantitative estimate of drug-likeness (QED) is 0.175. The fourth-order valence-electron chi connectivity index (χ4n) is 3.83. The van der Waals surface area contributed by atoms with E-state index in [0.29, 0.717) is 22.3 Å². The van der Waals surface area contributed by atoms with Crippen molar-refractivity contribution in [1.29, 1.82) is 0 Å². The SMILES string of the molecule is O=S([O-])c1cccc(-c2cc(F)c(-n3cnc(C(F)(F)F)c3)c(-n3nncc3-c3ccc(Cl)cc3Cl)c2)c1. The predicted octanol–water partition coefficient (Wildman–Crippen LogP) is 6.49. The molecule has 0 saturated carbocycles. The highest BCUT2D eigenvalue weighted by molar-refractivity contribution is 7.79. The van der Waals surface area contributed by atoms with Crippen LogP contribution in [0.15, 0.2) is 78.2 Å². The first-order valence-corrected chi connectivity index (χ1v) is 12.4. The minimum absolute atomic E-state index is 0.0155. The topological polar surface area (TPSA) is 88.7 Å². The second-order valence-electron chi connectivity index (χ2n) is 7.91. The molecule has 0 aliphatic heterocycles. The van der Waals surface area contributed by atoms with Gasteiger partial charge in [0.1, 0.15) is 17.8 Å². The van der Waals surface area contributed by atoms with Crippen molar-refractivity contribution < 1.29 is 26.3 Å². The normalized spacial score (nSPS) is 12.6. The fourth-order valence-corrected chi connectivity index (χ4v) is 4.75. The molecule has 38 heavy (non-hydrogen) atoms. The van der Waals surface area contributed by atoms with E-state index in [1.54, 1.807) is 18.2 Å². The molecule has 7 nitrogen and oxygen atoms in total. The lowest BCUT2D eigenvalue weighted by atomic mass is 10.0. The van der Waals surface area contributed by atoms with Crippen LogP contribution in [0.5, 0.6) is 0 Å². The number of halogens is 6. The number of alkyl halides is 3. The number of nitrogens with zero attached hydrogens (tertiary/aromatic N) is 5. The maximum atomic E-state index is 15.7. The second-order valence-corrected chi connectivity index (χ2v) is 9.69. The Balaban J connectivity index is 1.77. The average molecular weight is 581 g/mol. The molecule has 0 N–H and O–H groups in total. The Morgan fingerprint density at radius 3 is 2.47 bits per heavy atom. The molecule has 194 valence electrons. The van der Waals surface area contributed by atoms with Crippen LogP contribution >= 0.6 is 23.2 Å². The minimum atomic E-state index is -4.76. The number of rotatable bonds is 5. The summed E-state index contributed by atoms with van der Waals surface area (Å²) in [6, 6.07) is 12.9. The molecule has 2 aromatic heterocycles. The molecule has 0 bridgehead atoms. The van der Waals surface area contributed by atoms with Gasteiger partial charge in [-0.15, -0.1) is 5.10 Å². The van der Waals surface area contributed by atoms with Crippen molar-refractivity contribution in [2.45, 2.75) is 11.1 Å². The predicted molar refractivity (Wildman–Crippen MR) is 132 cm³/mol. The zero-order chi connectivity index (χ0) is 27.2. The third kappa shape index (κ3) is 4.95. The number of hydrogen-bond donors (Lipinski definition) is 0. The first-order valence-electron chi connectivity index (χ1n) is 10.5. The first kappa shape index (κ1) is 26.0. The molecule has 0 aliphatic rings. The summed E-state index contributed by atoms with van der Waals surface area (Å²) in [7, 11) is 0. The van der Waals surface area contributed by atoms with Gasteiger partial charge in [0.15, 0.2) is 5.69 Å². The molecule has 2 heterocycles. The highest BCUT2D eigenvalue weighted by Crippen LogP contribution is 2.36. The lowest BCUT2D eigenvalue weighted by molar-refractivity contribution is -0.140. The maximum Gasteiger partial charge on any atom is 0.434 e. The van der Waals surface area contributed by atoms with Crippen LogP contribution in [0.25, 0.3) is 33.8 Å². The maximum absolute atomic E-state index is 15.7. The Kier molecular flexibility index (Phi) is 6.82. The molecular formula is C24H12Cl2F4N5O2S-. The molecule has 0 aliphatic carbocycles. The zero-order valence-electron chi connectivity index (χ0n) is 18.7. The summed E-state index contributed by atoms with van der Waals surface area (Å²) in [6.45, 7) is 0. The molecule has 0 fully saturated rings. The standard InChI is InChI=1S/C24H13Cl2F4N5O2S/c25-15-4-5-17(18(26)9-15)21-10-32-33-35(21)20-8-14(13-2-1-3-16(6-13)38(36)37)7-19(27)23(20)34-11-22(31-12-34)24(28,29)30/h1-12H,(H,36,37)/p-1. The van der Waals surface area contributed by atoms with Crippen LogP contribution in [0.4, 0.5) is 17.6 Å². The summed E-state index contributed by atoms with van der Waals surface area (Å²) < 4.78 is 80.6. The summed E-state index contributed by atoms with van der Waals surface area (Å²) in [4.78, 5) is 3.33. The van der Waals surface area contributed by atoms with E-state index in [9.17, 15) is 21.9 Å². The smallest absolute Gasteiger partial charge is 0.434 e. The van der Waals surface area contributed by atoms with E-state index in [1.807, 2.05) is 0 Å². The van der Waals surface area contributed by atoms with Crippen molar-refractivity contribution in [2.75, 3.05) is 0 Å². The number of imidazole rings is 1. The van der Waals surface area contributed by atoms with Crippen molar-refractivity contribution >= 4 is 34.3 Å². The summed E-state index contributed by atoms with van der Waals surface area (Å²) in [6.07, 6.45) is -1.93. The Labute approximate surface area is 224 Å². The lowest BCUT2D eigenvalue weighted by Crippen LogP contribution is -2.09. The molecule has 0 saturated heterocycles. The third-order valence-electron chi connectivity index (χ3n) is 5.52. The van der Waals surface area contributed by atoms with Gasteiger partial charge >= 0.3 is 6.18 Å². The zero-order valence-corrected chi connectivity index (χ0v) is 21.0. The Morgan fingerprint density at radius 1 is 1.00 bits per heavy atom. The van der Waals surface area contributed by atoms with Crippen LogP contribution in [-0.2, 0) is 17.3 Å². The van der Waals surface area contributed by atoms with Gasteiger partial charge < -0.3 is 9.12 Å². The van der Waals surface area contributed by atoms with Crippen LogP contribution in [0, 0.1) is 5.82 Å². The molecule has 0 spiro atoms. The molecule has 3 aromatic carbocycles. The Bertz CT molecular complexity index is 1700. The largest absolute Gasteiger partial charge is 0.768 e. The molecule has 0 radical (unpaired) electrons. The van der Waals surface area contributed by atoms with Gasteiger partial charge in [-0.2, -0.15) is 13.2 Å². The molecular weight excluding hydrogens is 569 g/mol. The molecule has 5 rings (SSSR count). The van der Waals surface area contributed by atoms with Gasteiger partial charge in [-0.3, -0.25) is 4.21 Å². The lowest BCUT2D eigenvalue weighted by Gasteiger charge is -2.17. The van der Waals surface area contributed by atoms with E-state index in [2.05, 4.69) is 15.3 Å². The highest BCUT2D eigenvalue weighted by Gasteiger charge is 2.34. The number of hydrogen-bond acceptors (Lipinski definition) is 5. The summed E-state index contributed by atoms with van der Waals surface area (Å²) in [5.74, 6) is -0.930. The van der Waals surface area contributed by atoms with Crippen LogP contribution < -0.4 is 0 Å². The molecule has 1 unspecified atom stereocenters. The van der Waals surface area contributed by atoms with Crippen molar-refractivity contribution in [3.05, 3.63) is 94.9 Å². The third-order valence-corrected chi connectivity index (χ3v) is 6.71. The number of aromatic nitrogens is 5. The summed E-state index contributed by atoms with van der Waals surface area (Å²) in [5, 5.41) is 8.53. The summed E-state index contributed by atoms with van der Waals surface area (Å²) in [5.41, 5.74) is -0.273. The minimum Gasteiger partial charge on any atom is -0.768 e. The molecule has 5 aromatic rings. The van der Waals surface area contributed by atoms with E-state index >= 15 is 4.39 Å². The van der Waals surface area contributed by atoms with Crippen molar-refractivity contribution in [3.8, 4) is 33.8 Å². The monoisotopic (exact) mass is 580 g/mol. The van der Waals surface area contributed by atoms with Gasteiger partial charge in [-0.1, -0.05) is 40.5 Å². The van der Waals surface area contributed by atoms with E-state index in [1.165, 1.54) is 41.2 Å². The van der Waals surface area contributed by atoms with Gasteiger partial charge in [0.2, 0.25) is 0 Å². The van der Waals surface area contributed by atoms with Crippen molar-refractivity contribution in [1.82, 2.24) is 24.5 Å². The van der Waals surface area contributed by atoms with Gasteiger partial charge in [-0.05, 0) is 64.7 Å². The van der Waals surface area contributed by atoms with Gasteiger partial charge in [0.25, 0.3) is 0 Å². The van der Waals surface area contributed by atoms with Crippen molar-refractivity contribution in [2.24, 2.45) is 0 Å². The fraction of sp³-hybridized carbons (Fsp3) is 0.0417. The van der Waals surface area contributed by atoms with E-state index < -0.39 is 28.8 Å². The van der Waals surface area contributed by atoms with Crippen LogP contribution in [0.3, 0.4) is 0 Å². The van der Waals surface area contributed by atoms with Crippen LogP contribution in [0.1, 0.15) is 5.69 Å². The Morgan fingerprint density at radius 2 is 1.79 bits per heavy atom. The van der Waals surface area contributed by atoms with Gasteiger partial charge in [0, 0.05) is 21.7 Å². The van der Waals surface area contributed by atoms with E-state index in [0.717, 1.165) is 17.0 Å². The van der Waals surface area contributed by atoms with Crippen molar-refractivity contribution in [3.63, 3.8) is 0 Å². The molecule has 1 atom stereocenters. The van der Waals surface area contributed by atoms with Crippen LogP contribution in [0.2, 0.25) is 10.0 Å². The van der Waals surface area contributed by atoms with E-state index in [-0.39, 0.29) is 32.6 Å². The van der Waals surface area contributed by atoms with E-state index in [4.69, 9.17) is 23.2 Å². The number of benzene rings is 3. The average Bonchev–Trinajstić information content (AvgIpc) is 3.54. The van der Waals surface area contributed by atoms with Crippen LogP contribution in [-0.4, -0.2) is 33.3 Å². The highest BCUT2D eigenvalue weighted by atomic mass is 35.5. The molecule has 0 amide bonds. The van der Waals surface area contributed by atoms with Gasteiger partial charge in [0.05, 0.1) is 22.6 Å².